The van der Waals surface area contributed by atoms with Crippen LogP contribution in [0.3, 0.4) is 0 Å². The summed E-state index contributed by atoms with van der Waals surface area (Å²) in [5.74, 6) is -0.401. The van der Waals surface area contributed by atoms with Crippen molar-refractivity contribution in [1.82, 2.24) is 14.9 Å². The highest BCUT2D eigenvalue weighted by molar-refractivity contribution is 6.30. The van der Waals surface area contributed by atoms with E-state index in [1.54, 1.807) is 30.3 Å². The molecular weight excluding hydrogens is 568 g/mol. The van der Waals surface area contributed by atoms with Crippen LogP contribution in [0, 0.1) is 17.7 Å². The van der Waals surface area contributed by atoms with Crippen molar-refractivity contribution in [3.63, 3.8) is 0 Å². The van der Waals surface area contributed by atoms with Gasteiger partial charge in [-0.15, -0.1) is 0 Å². The first-order valence-electron chi connectivity index (χ1n) is 14.0. The SMILES string of the molecule is CCC(O)(c1cc(F)c2c(c1)C(=O)N(Cc1ncc(Cl)cn1)[C@@]2(OCCO)c1ccc(Cl)cc1)C1CCC(C)CC1. The minimum atomic E-state index is -1.75. The molecule has 2 N–H and O–H groups in total. The van der Waals surface area contributed by atoms with Crippen LogP contribution < -0.4 is 0 Å². The number of carbonyl (C=O) groups excluding carboxylic acids is 1. The Morgan fingerprint density at radius 1 is 1.10 bits per heavy atom. The molecule has 7 nitrogen and oxygen atoms in total. The lowest BCUT2D eigenvalue weighted by molar-refractivity contribution is -0.121. The highest BCUT2D eigenvalue weighted by Crippen LogP contribution is 2.50. The van der Waals surface area contributed by atoms with E-state index in [9.17, 15) is 15.0 Å². The molecular formula is C31H34Cl2FN3O4. The van der Waals surface area contributed by atoms with E-state index in [0.717, 1.165) is 25.7 Å². The van der Waals surface area contributed by atoms with Gasteiger partial charge in [0.1, 0.15) is 11.6 Å². The Balaban J connectivity index is 1.70. The number of ether oxygens (including phenoxy) is 1. The topological polar surface area (TPSA) is 95.8 Å². The fraction of sp³-hybridized carbons (Fsp3) is 0.452. The predicted molar refractivity (Wildman–Crippen MR) is 154 cm³/mol. The van der Waals surface area contributed by atoms with Crippen molar-refractivity contribution < 1.29 is 24.1 Å². The van der Waals surface area contributed by atoms with Gasteiger partial charge in [0.25, 0.3) is 5.91 Å². The second-order valence-electron chi connectivity index (χ2n) is 11.0. The molecule has 1 unspecified atom stereocenters. The molecule has 2 aliphatic rings. The molecule has 2 atom stereocenters. The molecule has 1 aromatic heterocycles. The minimum absolute atomic E-state index is 0.00621. The lowest BCUT2D eigenvalue weighted by atomic mass is 9.69. The lowest BCUT2D eigenvalue weighted by Crippen LogP contribution is -2.47. The number of hydrogen-bond acceptors (Lipinski definition) is 6. The summed E-state index contributed by atoms with van der Waals surface area (Å²) in [5, 5.41) is 22.5. The molecule has 1 saturated carbocycles. The van der Waals surface area contributed by atoms with Gasteiger partial charge in [-0.2, -0.15) is 0 Å². The number of benzene rings is 2. The summed E-state index contributed by atoms with van der Waals surface area (Å²) in [6, 6.07) is 9.54. The number of amides is 1. The van der Waals surface area contributed by atoms with E-state index in [1.165, 1.54) is 23.4 Å². The zero-order chi connectivity index (χ0) is 29.4. The van der Waals surface area contributed by atoms with Gasteiger partial charge in [-0.1, -0.05) is 62.0 Å². The highest BCUT2D eigenvalue weighted by atomic mass is 35.5. The quantitative estimate of drug-likeness (QED) is 0.302. The first-order valence-corrected chi connectivity index (χ1v) is 14.8. The van der Waals surface area contributed by atoms with E-state index in [0.29, 0.717) is 33.5 Å². The zero-order valence-electron chi connectivity index (χ0n) is 23.1. The molecule has 0 bridgehead atoms. The summed E-state index contributed by atoms with van der Waals surface area (Å²) in [6.07, 6.45) is 6.84. The fourth-order valence-electron chi connectivity index (χ4n) is 6.41. The average molecular weight is 603 g/mol. The molecule has 41 heavy (non-hydrogen) atoms. The van der Waals surface area contributed by atoms with Gasteiger partial charge >= 0.3 is 0 Å². The molecule has 1 fully saturated rings. The van der Waals surface area contributed by atoms with Crippen molar-refractivity contribution in [2.45, 2.75) is 63.8 Å². The smallest absolute Gasteiger partial charge is 0.257 e. The van der Waals surface area contributed by atoms with Crippen molar-refractivity contribution in [2.75, 3.05) is 13.2 Å². The van der Waals surface area contributed by atoms with Gasteiger partial charge in [0, 0.05) is 23.0 Å². The van der Waals surface area contributed by atoms with Crippen LogP contribution in [0.5, 0.6) is 0 Å². The first kappa shape index (κ1) is 29.9. The number of nitrogens with zero attached hydrogens (tertiary/aromatic N) is 3. The van der Waals surface area contributed by atoms with Crippen LogP contribution in [0.25, 0.3) is 0 Å². The lowest BCUT2D eigenvalue weighted by Gasteiger charge is -2.40. The Kier molecular flexibility index (Phi) is 8.69. The number of aromatic nitrogens is 2. The maximum Gasteiger partial charge on any atom is 0.257 e. The van der Waals surface area contributed by atoms with E-state index in [2.05, 4.69) is 16.9 Å². The Labute approximate surface area is 249 Å². The fourth-order valence-corrected chi connectivity index (χ4v) is 6.63. The van der Waals surface area contributed by atoms with Crippen LogP contribution >= 0.6 is 23.2 Å². The van der Waals surface area contributed by atoms with E-state index in [4.69, 9.17) is 27.9 Å². The van der Waals surface area contributed by atoms with E-state index < -0.39 is 23.1 Å². The van der Waals surface area contributed by atoms with Gasteiger partial charge in [-0.05, 0) is 60.9 Å². The number of rotatable bonds is 9. The van der Waals surface area contributed by atoms with Crippen molar-refractivity contribution in [3.8, 4) is 0 Å². The van der Waals surface area contributed by atoms with Gasteiger partial charge in [0.05, 0.1) is 41.5 Å². The summed E-state index contributed by atoms with van der Waals surface area (Å²) >= 11 is 12.2. The Morgan fingerprint density at radius 2 is 1.76 bits per heavy atom. The number of halogens is 3. The number of aliphatic hydroxyl groups excluding tert-OH is 1. The minimum Gasteiger partial charge on any atom is -0.394 e. The molecule has 0 radical (unpaired) electrons. The van der Waals surface area contributed by atoms with Gasteiger partial charge < -0.3 is 14.9 Å². The summed E-state index contributed by atoms with van der Waals surface area (Å²) in [7, 11) is 0. The molecule has 218 valence electrons. The molecule has 2 aromatic carbocycles. The summed E-state index contributed by atoms with van der Waals surface area (Å²) in [4.78, 5) is 24.1. The molecule has 1 aliphatic carbocycles. The van der Waals surface area contributed by atoms with Crippen LogP contribution in [0.4, 0.5) is 4.39 Å². The summed E-state index contributed by atoms with van der Waals surface area (Å²) in [5.41, 5.74) is -2.14. The Morgan fingerprint density at radius 3 is 2.37 bits per heavy atom. The number of aliphatic hydroxyl groups is 2. The third-order valence-electron chi connectivity index (χ3n) is 8.63. The Bertz CT molecular complexity index is 1400. The molecule has 5 rings (SSSR count). The normalized spacial score (nSPS) is 23.9. The van der Waals surface area contributed by atoms with Crippen LogP contribution in [0.15, 0.2) is 48.8 Å². The average Bonchev–Trinajstić information content (AvgIpc) is 3.21. The molecule has 3 aromatic rings. The molecule has 1 aliphatic heterocycles. The molecule has 2 heterocycles. The van der Waals surface area contributed by atoms with Gasteiger partial charge in [0.2, 0.25) is 0 Å². The van der Waals surface area contributed by atoms with Gasteiger partial charge in [-0.25, -0.2) is 14.4 Å². The zero-order valence-corrected chi connectivity index (χ0v) is 24.6. The first-order chi connectivity index (χ1) is 19.6. The second kappa shape index (κ2) is 11.9. The second-order valence-corrected chi connectivity index (χ2v) is 11.9. The van der Waals surface area contributed by atoms with E-state index in [1.807, 2.05) is 6.92 Å². The van der Waals surface area contributed by atoms with Gasteiger partial charge in [-0.3, -0.25) is 9.69 Å². The van der Waals surface area contributed by atoms with E-state index >= 15 is 4.39 Å². The summed E-state index contributed by atoms with van der Waals surface area (Å²) < 4.78 is 22.8. The highest BCUT2D eigenvalue weighted by Gasteiger charge is 2.55. The van der Waals surface area contributed by atoms with Crippen molar-refractivity contribution >= 4 is 29.1 Å². The third kappa shape index (κ3) is 5.37. The Hall–Kier alpha value is -2.62. The van der Waals surface area contributed by atoms with E-state index in [-0.39, 0.29) is 42.6 Å². The van der Waals surface area contributed by atoms with Crippen LogP contribution in [0.1, 0.15) is 78.8 Å². The molecule has 1 amide bonds. The predicted octanol–water partition coefficient (Wildman–Crippen LogP) is 6.21. The monoisotopic (exact) mass is 601 g/mol. The van der Waals surface area contributed by atoms with Crippen molar-refractivity contribution in [3.05, 3.63) is 92.7 Å². The van der Waals surface area contributed by atoms with Crippen molar-refractivity contribution in [2.24, 2.45) is 11.8 Å². The number of carbonyl (C=O) groups is 1. The largest absolute Gasteiger partial charge is 0.394 e. The standard InChI is InChI=1S/C31H34Cl2FN3O4/c1-3-30(40,20-6-4-19(2)5-7-20)22-14-25-28(26(34)15-22)31(41-13-12-38,21-8-10-23(32)11-9-21)37(29(25)39)18-27-35-16-24(33)17-36-27/h8-11,14-17,19-20,38,40H,3-7,12-13,18H2,1-2H3/t19?,20?,30?,31-/m1/s1. The van der Waals surface area contributed by atoms with Crippen LogP contribution in [-0.2, 0) is 22.6 Å². The maximum absolute atomic E-state index is 16.6. The molecule has 0 saturated heterocycles. The molecule has 10 heteroatoms. The number of fused-ring (bicyclic) bond motifs is 1. The maximum atomic E-state index is 16.6. The summed E-state index contributed by atoms with van der Waals surface area (Å²) in [6.45, 7) is 3.41. The van der Waals surface area contributed by atoms with Gasteiger partial charge in [0.15, 0.2) is 5.72 Å². The number of hydrogen-bond donors (Lipinski definition) is 2. The van der Waals surface area contributed by atoms with Crippen LogP contribution in [-0.4, -0.2) is 44.2 Å². The molecule has 0 spiro atoms. The third-order valence-corrected chi connectivity index (χ3v) is 9.07. The van der Waals surface area contributed by atoms with Crippen LogP contribution in [0.2, 0.25) is 10.0 Å². The van der Waals surface area contributed by atoms with Crippen molar-refractivity contribution in [1.29, 1.82) is 0 Å².